The van der Waals surface area contributed by atoms with E-state index in [1.165, 1.54) is 30.3 Å². The maximum absolute atomic E-state index is 11.9. The molecule has 1 spiro atoms. The summed E-state index contributed by atoms with van der Waals surface area (Å²) < 4.78 is 20.8. The van der Waals surface area contributed by atoms with Crippen LogP contribution in [0.1, 0.15) is 26.3 Å². The number of amides is 1. The first kappa shape index (κ1) is 18.0. The van der Waals surface area contributed by atoms with E-state index in [1.807, 2.05) is 32.0 Å². The van der Waals surface area contributed by atoms with Crippen molar-refractivity contribution in [3.63, 3.8) is 0 Å². The molecule has 2 aliphatic heterocycles. The maximum atomic E-state index is 11.9. The van der Waals surface area contributed by atoms with Gasteiger partial charge in [-0.2, -0.15) is 0 Å². The molecule has 1 aromatic carbocycles. The van der Waals surface area contributed by atoms with E-state index in [4.69, 9.17) is 12.5 Å². The second-order valence-electron chi connectivity index (χ2n) is 5.83. The second kappa shape index (κ2) is 7.19. The molecule has 0 bridgehead atoms. The molecule has 1 N–H and O–H groups in total. The zero-order valence-corrected chi connectivity index (χ0v) is 17.2. The Morgan fingerprint density at radius 2 is 2.12 bits per heavy atom. The number of ether oxygens (including phenoxy) is 2. The average molecular weight is 457 g/mol. The van der Waals surface area contributed by atoms with Gasteiger partial charge in [-0.15, -0.1) is 0 Å². The van der Waals surface area contributed by atoms with Crippen LogP contribution < -0.4 is 10.1 Å². The van der Waals surface area contributed by atoms with Crippen molar-refractivity contribution in [2.75, 3.05) is 27.9 Å². The fraction of sp³-hybridized carbons (Fsp3) is 0.368. The summed E-state index contributed by atoms with van der Waals surface area (Å²) in [4.78, 5) is 11.9. The van der Waals surface area contributed by atoms with Gasteiger partial charge in [-0.05, 0) is 6.92 Å². The third-order valence-corrected chi connectivity index (χ3v) is 12.3. The molecule has 0 atom stereocenters. The molecule has 136 valence electrons. The molecule has 1 fully saturated rings. The van der Waals surface area contributed by atoms with E-state index in [1.54, 1.807) is 7.11 Å². The molecule has 1 amide bonds. The van der Waals surface area contributed by atoms with Crippen molar-refractivity contribution in [3.8, 4) is 5.75 Å². The molecular formula is C19H24INO4. The third kappa shape index (κ3) is 3.58. The summed E-state index contributed by atoms with van der Waals surface area (Å²) in [5.74, 6) is 1.51. The number of methoxy groups -OCH3 is 1. The monoisotopic (exact) mass is 457 g/mol. The van der Waals surface area contributed by atoms with Crippen LogP contribution in [0.5, 0.6) is 5.75 Å². The fourth-order valence-corrected chi connectivity index (χ4v) is 11.3. The minimum absolute atomic E-state index is 0.239. The Balaban J connectivity index is 1.85. The first-order valence-electron chi connectivity index (χ1n) is 8.24. The topological polar surface area (TPSA) is 56.8 Å². The van der Waals surface area contributed by atoms with Gasteiger partial charge in [-0.3, -0.25) is 0 Å². The minimum atomic E-state index is -2.05. The predicted octanol–water partition coefficient (Wildman–Crippen LogP) is 4.11. The Morgan fingerprint density at radius 1 is 1.36 bits per heavy atom. The number of carbonyl (C=O) groups excluding carboxylic acids is 1. The number of benzene rings is 1. The summed E-state index contributed by atoms with van der Waals surface area (Å²) in [6.45, 7) is 6.65. The standard InChI is InChI=1S/C19H24INO4/c1-5-24-11-8-18(22)21-15-6-7-16(17(12-15)23-4)19-13(2)20(9-10-20)25-14(19)3/h6-8,11-12H,5,9-10H2,1-4H3,(H,21,22)/b11-8+. The van der Waals surface area contributed by atoms with Gasteiger partial charge in [0.15, 0.2) is 0 Å². The van der Waals surface area contributed by atoms with Crippen molar-refractivity contribution in [1.82, 2.24) is 0 Å². The van der Waals surface area contributed by atoms with E-state index >= 15 is 0 Å². The van der Waals surface area contributed by atoms with Crippen LogP contribution >= 0.6 is 18.4 Å². The molecule has 1 saturated heterocycles. The molecule has 2 aliphatic rings. The van der Waals surface area contributed by atoms with Crippen LogP contribution in [0.3, 0.4) is 0 Å². The van der Waals surface area contributed by atoms with Crippen LogP contribution in [0, 0.1) is 0 Å². The van der Waals surface area contributed by atoms with Crippen molar-refractivity contribution in [3.05, 3.63) is 41.9 Å². The van der Waals surface area contributed by atoms with Crippen molar-refractivity contribution in [2.24, 2.45) is 0 Å². The predicted molar refractivity (Wildman–Crippen MR) is 111 cm³/mol. The van der Waals surface area contributed by atoms with Crippen LogP contribution in [0.2, 0.25) is 0 Å². The van der Waals surface area contributed by atoms with Gasteiger partial charge in [0, 0.05) is 0 Å². The van der Waals surface area contributed by atoms with Crippen LogP contribution in [0.4, 0.5) is 5.69 Å². The average Bonchev–Trinajstić information content (AvgIpc) is 3.32. The van der Waals surface area contributed by atoms with Gasteiger partial charge in [-0.25, -0.2) is 0 Å². The van der Waals surface area contributed by atoms with Crippen molar-refractivity contribution < 1.29 is 17.3 Å². The Labute approximate surface area is 152 Å². The molecule has 3 rings (SSSR count). The Bertz CT molecular complexity index is 815. The van der Waals surface area contributed by atoms with E-state index in [9.17, 15) is 4.79 Å². The Hall–Kier alpha value is -1.83. The summed E-state index contributed by atoms with van der Waals surface area (Å²) in [6.07, 6.45) is 2.76. The molecule has 0 unspecified atom stereocenters. The number of rotatable bonds is 6. The van der Waals surface area contributed by atoms with Crippen LogP contribution in [0.15, 0.2) is 36.3 Å². The number of carbonyl (C=O) groups is 1. The Kier molecular flexibility index (Phi) is 5.17. The summed E-state index contributed by atoms with van der Waals surface area (Å²) >= 11 is -2.05. The SMILES string of the molecule is CCO/C=C/C(=O)Nc1ccc(C2=C(C)OI3(=C2C)CC3)c(OC)c1. The number of halogens is 1. The third-order valence-electron chi connectivity index (χ3n) is 4.23. The van der Waals surface area contributed by atoms with Gasteiger partial charge >= 0.3 is 146 Å². The number of hydrogen-bond donors (Lipinski definition) is 1. The second-order valence-corrected chi connectivity index (χ2v) is 14.3. The molecule has 1 aromatic rings. The van der Waals surface area contributed by atoms with Gasteiger partial charge in [0.1, 0.15) is 0 Å². The summed E-state index contributed by atoms with van der Waals surface area (Å²) in [6, 6.07) is 5.73. The number of anilines is 1. The number of alkyl halides is 2. The number of nitrogens with one attached hydrogen (secondary N) is 1. The van der Waals surface area contributed by atoms with Gasteiger partial charge in [0.25, 0.3) is 0 Å². The van der Waals surface area contributed by atoms with E-state index in [-0.39, 0.29) is 5.91 Å². The molecule has 0 aromatic heterocycles. The quantitative estimate of drug-likeness (QED) is 0.303. The van der Waals surface area contributed by atoms with Crippen molar-refractivity contribution in [1.29, 1.82) is 0 Å². The van der Waals surface area contributed by atoms with E-state index in [0.717, 1.165) is 17.1 Å². The number of allylic oxidation sites excluding steroid dienone is 2. The first-order valence-corrected chi connectivity index (χ1v) is 13.3. The van der Waals surface area contributed by atoms with Gasteiger partial charge in [-0.1, -0.05) is 0 Å². The summed E-state index contributed by atoms with van der Waals surface area (Å²) in [5.41, 5.74) is 2.91. The van der Waals surface area contributed by atoms with Crippen LogP contribution in [-0.2, 0) is 12.6 Å². The van der Waals surface area contributed by atoms with Gasteiger partial charge in [0.05, 0.1) is 0 Å². The molecule has 0 radical (unpaired) electrons. The molecule has 2 heterocycles. The summed E-state index contributed by atoms with van der Waals surface area (Å²) in [5, 5.41) is 2.82. The summed E-state index contributed by atoms with van der Waals surface area (Å²) in [7, 11) is 1.65. The van der Waals surface area contributed by atoms with E-state index in [2.05, 4.69) is 12.2 Å². The molecule has 6 heteroatoms. The van der Waals surface area contributed by atoms with Gasteiger partial charge in [0.2, 0.25) is 0 Å². The Morgan fingerprint density at radius 3 is 2.72 bits per heavy atom. The molecule has 0 saturated carbocycles. The van der Waals surface area contributed by atoms with E-state index < -0.39 is 18.4 Å². The van der Waals surface area contributed by atoms with Crippen molar-refractivity contribution in [2.45, 2.75) is 20.8 Å². The zero-order chi connectivity index (χ0) is 18.0. The molecule has 5 nitrogen and oxygen atoms in total. The van der Waals surface area contributed by atoms with Crippen molar-refractivity contribution >= 4 is 39.1 Å². The van der Waals surface area contributed by atoms with Crippen LogP contribution in [-0.4, -0.2) is 32.0 Å². The van der Waals surface area contributed by atoms with E-state index in [0.29, 0.717) is 12.3 Å². The molecule has 25 heavy (non-hydrogen) atoms. The number of hydrogen-bond acceptors (Lipinski definition) is 4. The molecular weight excluding hydrogens is 433 g/mol. The van der Waals surface area contributed by atoms with Crippen LogP contribution in [0.25, 0.3) is 5.57 Å². The normalized spacial score (nSPS) is 19.1. The first-order chi connectivity index (χ1) is 12.0. The molecule has 0 aliphatic carbocycles. The fourth-order valence-electron chi connectivity index (χ4n) is 2.90. The van der Waals surface area contributed by atoms with Gasteiger partial charge < -0.3 is 0 Å². The zero-order valence-electron chi connectivity index (χ0n) is 15.0.